The normalized spacial score (nSPS) is 19.1. The Morgan fingerprint density at radius 2 is 1.61 bits per heavy atom. The summed E-state index contributed by atoms with van der Waals surface area (Å²) in [6.07, 6.45) is 0. The van der Waals surface area contributed by atoms with Gasteiger partial charge >= 0.3 is 0 Å². The molecule has 1 unspecified atom stereocenters. The maximum absolute atomic E-state index is 12.9. The molecular formula is C21H14Br2N2O3. The minimum Gasteiger partial charge on any atom is -0.489 e. The first kappa shape index (κ1) is 19.0. The zero-order valence-electron chi connectivity index (χ0n) is 14.8. The molecule has 1 aromatic heterocycles. The summed E-state index contributed by atoms with van der Waals surface area (Å²) in [4.78, 5) is 34.1. The first-order valence-electron chi connectivity index (χ1n) is 8.64. The van der Waals surface area contributed by atoms with E-state index in [9.17, 15) is 9.59 Å². The number of rotatable bonds is 3. The predicted molar refractivity (Wildman–Crippen MR) is 117 cm³/mol. The van der Waals surface area contributed by atoms with Crippen molar-refractivity contribution in [3.63, 3.8) is 0 Å². The third-order valence-corrected chi connectivity index (χ3v) is 5.98. The van der Waals surface area contributed by atoms with E-state index in [1.54, 1.807) is 6.92 Å². The first-order valence-corrected chi connectivity index (χ1v) is 10.4. The zero-order valence-corrected chi connectivity index (χ0v) is 18.0. The molecule has 28 heavy (non-hydrogen) atoms. The number of carbonyl (C=O) groups is 2. The van der Waals surface area contributed by atoms with Crippen LogP contribution in [0.15, 0.2) is 63.8 Å². The van der Waals surface area contributed by atoms with E-state index in [4.69, 9.17) is 4.74 Å². The van der Waals surface area contributed by atoms with Crippen molar-refractivity contribution in [1.82, 2.24) is 4.98 Å². The second-order valence-corrected chi connectivity index (χ2v) is 7.83. The number of Topliss-reactive ketones (excluding diaryl/α,β-unsaturated/α-hetero) is 2. The Bertz CT molecular complexity index is 1150. The minimum absolute atomic E-state index is 0.0257. The Balaban J connectivity index is 1.99. The van der Waals surface area contributed by atoms with Gasteiger partial charge in [0.15, 0.2) is 5.76 Å². The van der Waals surface area contributed by atoms with Crippen molar-refractivity contribution >= 4 is 76.6 Å². The van der Waals surface area contributed by atoms with Crippen LogP contribution in [0.2, 0.25) is 0 Å². The number of aromatic nitrogens is 1. The van der Waals surface area contributed by atoms with Crippen LogP contribution < -0.4 is 0 Å². The quantitative estimate of drug-likeness (QED) is 0.373. The van der Waals surface area contributed by atoms with E-state index in [2.05, 4.69) is 41.8 Å². The van der Waals surface area contributed by atoms with Gasteiger partial charge in [0.1, 0.15) is 15.0 Å². The van der Waals surface area contributed by atoms with Crippen LogP contribution in [0, 0.1) is 0 Å². The molecule has 2 aromatic carbocycles. The number of fused-ring (bicyclic) bond motifs is 2. The van der Waals surface area contributed by atoms with E-state index in [0.29, 0.717) is 5.69 Å². The number of ketones is 2. The molecule has 0 saturated carbocycles. The van der Waals surface area contributed by atoms with Gasteiger partial charge in [0.2, 0.25) is 11.6 Å². The second-order valence-electron chi connectivity index (χ2n) is 6.12. The molecule has 0 fully saturated rings. The molecule has 140 valence electrons. The number of carbonyl (C=O) groups excluding carboxylic acids is 2. The van der Waals surface area contributed by atoms with Crippen molar-refractivity contribution in [2.24, 2.45) is 4.99 Å². The molecule has 1 atom stereocenters. The molecule has 1 aliphatic rings. The molecule has 0 aliphatic heterocycles. The highest BCUT2D eigenvalue weighted by Crippen LogP contribution is 2.35. The topological polar surface area (TPSA) is 68.6 Å². The van der Waals surface area contributed by atoms with E-state index in [1.165, 1.54) is 0 Å². The monoisotopic (exact) mass is 500 g/mol. The van der Waals surface area contributed by atoms with E-state index < -0.39 is 4.83 Å². The van der Waals surface area contributed by atoms with E-state index in [-0.39, 0.29) is 34.1 Å². The van der Waals surface area contributed by atoms with Crippen LogP contribution >= 0.6 is 31.9 Å². The Morgan fingerprint density at radius 3 is 2.18 bits per heavy atom. The van der Waals surface area contributed by atoms with E-state index in [0.717, 1.165) is 21.8 Å². The fraction of sp³-hybridized carbons (Fsp3) is 0.143. The van der Waals surface area contributed by atoms with Gasteiger partial charge in [-0.2, -0.15) is 0 Å². The molecular weight excluding hydrogens is 488 g/mol. The molecule has 0 amide bonds. The smallest absolute Gasteiger partial charge is 0.219 e. The maximum Gasteiger partial charge on any atom is 0.219 e. The molecule has 4 rings (SSSR count). The van der Waals surface area contributed by atoms with Crippen LogP contribution in [0.25, 0.3) is 21.8 Å². The van der Waals surface area contributed by atoms with E-state index in [1.807, 2.05) is 48.5 Å². The van der Waals surface area contributed by atoms with Crippen LogP contribution in [0.3, 0.4) is 0 Å². The molecule has 0 spiro atoms. The van der Waals surface area contributed by atoms with Crippen molar-refractivity contribution in [3.8, 4) is 0 Å². The Morgan fingerprint density at radius 1 is 1.04 bits per heavy atom. The number of aliphatic imine (C=N–C) groups is 1. The number of benzene rings is 2. The fourth-order valence-corrected chi connectivity index (χ4v) is 4.15. The standard InChI is InChI=1S/C21H14Br2N2O3/c1-2-28-21-16(23)19(26)18(15(22)20(21)27)25-17-11-7-3-5-9-13(11)24-14-10-6-4-8-12(14)17/h3-10,15H,2H2,1H3. The number of allylic oxidation sites excluding steroid dienone is 2. The molecule has 7 heteroatoms. The van der Waals surface area contributed by atoms with Crippen molar-refractivity contribution in [2.45, 2.75) is 11.8 Å². The average molecular weight is 502 g/mol. The minimum atomic E-state index is -0.881. The molecule has 5 nitrogen and oxygen atoms in total. The van der Waals surface area contributed by atoms with Crippen LogP contribution in [0.5, 0.6) is 0 Å². The summed E-state index contributed by atoms with van der Waals surface area (Å²) >= 11 is 6.54. The Labute approximate surface area is 177 Å². The summed E-state index contributed by atoms with van der Waals surface area (Å²) in [6.45, 7) is 2.04. The number of ether oxygens (including phenoxy) is 1. The number of para-hydroxylation sites is 2. The van der Waals surface area contributed by atoms with Gasteiger partial charge < -0.3 is 4.74 Å². The number of alkyl halides is 1. The number of pyridine rings is 1. The number of halogens is 2. The van der Waals surface area contributed by atoms with Crippen LogP contribution in [0.1, 0.15) is 6.92 Å². The van der Waals surface area contributed by atoms with Gasteiger partial charge in [0.25, 0.3) is 0 Å². The molecule has 0 saturated heterocycles. The van der Waals surface area contributed by atoms with Crippen LogP contribution in [-0.4, -0.2) is 33.7 Å². The molecule has 0 bridgehead atoms. The number of nitrogens with zero attached hydrogens (tertiary/aromatic N) is 2. The molecule has 0 radical (unpaired) electrons. The Kier molecular flexibility index (Phi) is 5.12. The summed E-state index contributed by atoms with van der Waals surface area (Å²) in [5.41, 5.74) is 2.26. The largest absolute Gasteiger partial charge is 0.489 e. The lowest BCUT2D eigenvalue weighted by Crippen LogP contribution is -2.38. The SMILES string of the molecule is CCOC1=C(Br)C(=O)C(=Nc2c3ccccc3nc3ccccc23)C(Br)C1=O. The molecule has 0 N–H and O–H groups in total. The van der Waals surface area contributed by atoms with Gasteiger partial charge in [0.05, 0.1) is 23.3 Å². The van der Waals surface area contributed by atoms with Gasteiger partial charge in [-0.25, -0.2) is 9.98 Å². The zero-order chi connectivity index (χ0) is 19.8. The maximum atomic E-state index is 12.9. The third kappa shape index (κ3) is 3.08. The van der Waals surface area contributed by atoms with Gasteiger partial charge in [-0.1, -0.05) is 52.3 Å². The second kappa shape index (κ2) is 7.56. The van der Waals surface area contributed by atoms with Crippen molar-refractivity contribution < 1.29 is 14.3 Å². The van der Waals surface area contributed by atoms with Gasteiger partial charge in [-0.05, 0) is 35.0 Å². The lowest BCUT2D eigenvalue weighted by Gasteiger charge is -2.21. The molecule has 1 aliphatic carbocycles. The van der Waals surface area contributed by atoms with Gasteiger partial charge in [-0.3, -0.25) is 9.59 Å². The van der Waals surface area contributed by atoms with Crippen LogP contribution in [0.4, 0.5) is 5.69 Å². The fourth-order valence-electron chi connectivity index (χ4n) is 3.12. The van der Waals surface area contributed by atoms with Crippen molar-refractivity contribution in [2.75, 3.05) is 6.61 Å². The average Bonchev–Trinajstić information content (AvgIpc) is 2.72. The van der Waals surface area contributed by atoms with Crippen molar-refractivity contribution in [3.05, 3.63) is 58.8 Å². The van der Waals surface area contributed by atoms with Crippen molar-refractivity contribution in [1.29, 1.82) is 0 Å². The highest BCUT2D eigenvalue weighted by Gasteiger charge is 2.39. The first-order chi connectivity index (χ1) is 13.5. The summed E-state index contributed by atoms with van der Waals surface area (Å²) in [5.74, 6) is -0.692. The molecule has 1 heterocycles. The molecule has 3 aromatic rings. The van der Waals surface area contributed by atoms with Crippen LogP contribution in [-0.2, 0) is 14.3 Å². The summed E-state index contributed by atoms with van der Waals surface area (Å²) in [7, 11) is 0. The lowest BCUT2D eigenvalue weighted by atomic mass is 10.00. The van der Waals surface area contributed by atoms with Gasteiger partial charge in [0, 0.05) is 10.8 Å². The summed E-state index contributed by atoms with van der Waals surface area (Å²) < 4.78 is 5.45. The Hall–Kier alpha value is -2.38. The highest BCUT2D eigenvalue weighted by atomic mass is 79.9. The lowest BCUT2D eigenvalue weighted by molar-refractivity contribution is -0.119. The summed E-state index contributed by atoms with van der Waals surface area (Å²) in [5, 5.41) is 1.62. The summed E-state index contributed by atoms with van der Waals surface area (Å²) in [6, 6.07) is 15.2. The third-order valence-electron chi connectivity index (χ3n) is 4.41. The van der Waals surface area contributed by atoms with E-state index >= 15 is 0 Å². The highest BCUT2D eigenvalue weighted by molar-refractivity contribution is 9.12. The van der Waals surface area contributed by atoms with Gasteiger partial charge in [-0.15, -0.1) is 0 Å². The number of hydrogen-bond donors (Lipinski definition) is 0. The predicted octanol–water partition coefficient (Wildman–Crippen LogP) is 5.02. The number of hydrogen-bond acceptors (Lipinski definition) is 5.